The molecule has 1 N–H and O–H groups in total. The molecule has 118 valence electrons. The summed E-state index contributed by atoms with van der Waals surface area (Å²) in [7, 11) is 0. The summed E-state index contributed by atoms with van der Waals surface area (Å²) in [6.07, 6.45) is 2.22. The van der Waals surface area contributed by atoms with Crippen LogP contribution in [0, 0.1) is 5.92 Å². The smallest absolute Gasteiger partial charge is 0.228 e. The number of aliphatic hydroxyl groups is 1. The van der Waals surface area contributed by atoms with E-state index in [4.69, 9.17) is 16.7 Å². The second kappa shape index (κ2) is 6.26. The molecule has 1 saturated carbocycles. The molecular formula is C16H19ClN2O3. The summed E-state index contributed by atoms with van der Waals surface area (Å²) in [6.45, 7) is 0.715. The van der Waals surface area contributed by atoms with Gasteiger partial charge in [-0.05, 0) is 37.1 Å². The molecule has 2 aliphatic rings. The van der Waals surface area contributed by atoms with E-state index < -0.39 is 0 Å². The van der Waals surface area contributed by atoms with Gasteiger partial charge < -0.3 is 14.9 Å². The van der Waals surface area contributed by atoms with Crippen LogP contribution in [0.15, 0.2) is 24.3 Å². The maximum Gasteiger partial charge on any atom is 0.228 e. The standard InChI is InChI=1S/C16H19ClN2O3/c17-12-1-3-14(4-2-12)19-10-11(9-15(19)21)16(22)18(7-8-20)13-5-6-13/h1-4,11,13,20H,5-10H2. The van der Waals surface area contributed by atoms with Crippen molar-refractivity contribution in [2.75, 3.05) is 24.6 Å². The highest BCUT2D eigenvalue weighted by Crippen LogP contribution is 2.32. The molecule has 3 rings (SSSR count). The van der Waals surface area contributed by atoms with Gasteiger partial charge in [0.25, 0.3) is 0 Å². The highest BCUT2D eigenvalue weighted by molar-refractivity contribution is 6.30. The quantitative estimate of drug-likeness (QED) is 0.897. The number of hydrogen-bond donors (Lipinski definition) is 1. The van der Waals surface area contributed by atoms with Crippen molar-refractivity contribution in [2.45, 2.75) is 25.3 Å². The number of amides is 2. The van der Waals surface area contributed by atoms with E-state index in [0.29, 0.717) is 18.1 Å². The molecule has 1 unspecified atom stereocenters. The zero-order valence-corrected chi connectivity index (χ0v) is 13.0. The van der Waals surface area contributed by atoms with Gasteiger partial charge in [-0.2, -0.15) is 0 Å². The van der Waals surface area contributed by atoms with E-state index >= 15 is 0 Å². The van der Waals surface area contributed by atoms with Gasteiger partial charge in [0, 0.05) is 36.3 Å². The first-order valence-electron chi connectivity index (χ1n) is 7.57. The highest BCUT2D eigenvalue weighted by Gasteiger charge is 2.41. The van der Waals surface area contributed by atoms with Crippen LogP contribution in [0.2, 0.25) is 5.02 Å². The van der Waals surface area contributed by atoms with Gasteiger partial charge in [-0.15, -0.1) is 0 Å². The first-order chi connectivity index (χ1) is 10.6. The summed E-state index contributed by atoms with van der Waals surface area (Å²) in [5.74, 6) is -0.378. The number of anilines is 1. The first kappa shape index (κ1) is 15.3. The Morgan fingerprint density at radius 1 is 1.32 bits per heavy atom. The molecule has 1 aliphatic carbocycles. The third-order valence-electron chi connectivity index (χ3n) is 4.22. The second-order valence-electron chi connectivity index (χ2n) is 5.87. The number of halogens is 1. The van der Waals surface area contributed by atoms with Crippen molar-refractivity contribution in [3.63, 3.8) is 0 Å². The molecule has 1 atom stereocenters. The molecule has 0 radical (unpaired) electrons. The maximum absolute atomic E-state index is 12.6. The largest absolute Gasteiger partial charge is 0.395 e. The molecule has 2 fully saturated rings. The summed E-state index contributed by atoms with van der Waals surface area (Å²) in [5, 5.41) is 9.75. The van der Waals surface area contributed by atoms with Gasteiger partial charge in [0.15, 0.2) is 0 Å². The summed E-state index contributed by atoms with van der Waals surface area (Å²) >= 11 is 5.86. The molecule has 1 saturated heterocycles. The van der Waals surface area contributed by atoms with Crippen molar-refractivity contribution in [2.24, 2.45) is 5.92 Å². The molecule has 0 bridgehead atoms. The molecule has 0 spiro atoms. The summed E-state index contributed by atoms with van der Waals surface area (Å²) in [4.78, 5) is 28.2. The van der Waals surface area contributed by atoms with E-state index in [1.54, 1.807) is 34.1 Å². The molecule has 1 aromatic rings. The average Bonchev–Trinajstić information content (AvgIpc) is 3.27. The van der Waals surface area contributed by atoms with Crippen LogP contribution in [0.5, 0.6) is 0 Å². The van der Waals surface area contributed by atoms with Gasteiger partial charge in [0.1, 0.15) is 0 Å². The highest BCUT2D eigenvalue weighted by atomic mass is 35.5. The third-order valence-corrected chi connectivity index (χ3v) is 4.48. The van der Waals surface area contributed by atoms with Gasteiger partial charge in [-0.3, -0.25) is 9.59 Å². The van der Waals surface area contributed by atoms with Crippen LogP contribution in [0.25, 0.3) is 0 Å². The van der Waals surface area contributed by atoms with Gasteiger partial charge in [-0.25, -0.2) is 0 Å². The van der Waals surface area contributed by atoms with Crippen LogP contribution in [0.3, 0.4) is 0 Å². The van der Waals surface area contributed by atoms with E-state index in [-0.39, 0.29) is 36.8 Å². The monoisotopic (exact) mass is 322 g/mol. The summed E-state index contributed by atoms with van der Waals surface area (Å²) in [6, 6.07) is 7.31. The molecule has 1 aliphatic heterocycles. The van der Waals surface area contributed by atoms with Crippen molar-refractivity contribution in [1.82, 2.24) is 4.90 Å². The Hall–Kier alpha value is -1.59. The van der Waals surface area contributed by atoms with E-state index in [1.165, 1.54) is 0 Å². The number of carbonyl (C=O) groups is 2. The normalized spacial score (nSPS) is 21.3. The van der Waals surface area contributed by atoms with Crippen molar-refractivity contribution in [3.8, 4) is 0 Å². The minimum atomic E-state index is -0.324. The van der Waals surface area contributed by atoms with E-state index in [9.17, 15) is 9.59 Å². The molecule has 2 amide bonds. The Morgan fingerprint density at radius 2 is 2.00 bits per heavy atom. The van der Waals surface area contributed by atoms with Gasteiger partial charge >= 0.3 is 0 Å². The fourth-order valence-corrected chi connectivity index (χ4v) is 3.07. The molecule has 1 heterocycles. The summed E-state index contributed by atoms with van der Waals surface area (Å²) < 4.78 is 0. The molecule has 5 nitrogen and oxygen atoms in total. The van der Waals surface area contributed by atoms with Crippen LogP contribution in [0.1, 0.15) is 19.3 Å². The third kappa shape index (κ3) is 3.10. The number of hydrogen-bond acceptors (Lipinski definition) is 3. The topological polar surface area (TPSA) is 60.9 Å². The van der Waals surface area contributed by atoms with Gasteiger partial charge in [-0.1, -0.05) is 11.6 Å². The number of benzene rings is 1. The lowest BCUT2D eigenvalue weighted by atomic mass is 10.1. The average molecular weight is 323 g/mol. The Bertz CT molecular complexity index is 571. The Kier molecular flexibility index (Phi) is 4.36. The minimum Gasteiger partial charge on any atom is -0.395 e. The Balaban J connectivity index is 1.70. The minimum absolute atomic E-state index is 0.0126. The zero-order valence-electron chi connectivity index (χ0n) is 12.2. The van der Waals surface area contributed by atoms with E-state index in [2.05, 4.69) is 0 Å². The fraction of sp³-hybridized carbons (Fsp3) is 0.500. The fourth-order valence-electron chi connectivity index (χ4n) is 2.94. The molecule has 6 heteroatoms. The molecule has 1 aromatic carbocycles. The maximum atomic E-state index is 12.6. The van der Waals surface area contributed by atoms with Gasteiger partial charge in [0.2, 0.25) is 11.8 Å². The summed E-state index contributed by atoms with van der Waals surface area (Å²) in [5.41, 5.74) is 0.768. The first-order valence-corrected chi connectivity index (χ1v) is 7.95. The number of carbonyl (C=O) groups excluding carboxylic acids is 2. The lowest BCUT2D eigenvalue weighted by Gasteiger charge is -2.24. The van der Waals surface area contributed by atoms with Crippen LogP contribution in [-0.4, -0.2) is 47.6 Å². The Morgan fingerprint density at radius 3 is 2.59 bits per heavy atom. The number of aliphatic hydroxyl groups excluding tert-OH is 1. The zero-order chi connectivity index (χ0) is 15.7. The SMILES string of the molecule is O=C1CC(C(=O)N(CCO)C2CC2)CN1c1ccc(Cl)cc1. The second-order valence-corrected chi connectivity index (χ2v) is 6.30. The van der Waals surface area contributed by atoms with Crippen LogP contribution < -0.4 is 4.90 Å². The van der Waals surface area contributed by atoms with Crippen molar-refractivity contribution < 1.29 is 14.7 Å². The van der Waals surface area contributed by atoms with Crippen molar-refractivity contribution in [3.05, 3.63) is 29.3 Å². The van der Waals surface area contributed by atoms with Crippen molar-refractivity contribution in [1.29, 1.82) is 0 Å². The van der Waals surface area contributed by atoms with Crippen LogP contribution >= 0.6 is 11.6 Å². The molecular weight excluding hydrogens is 304 g/mol. The number of nitrogens with zero attached hydrogens (tertiary/aromatic N) is 2. The predicted molar refractivity (Wildman–Crippen MR) is 83.7 cm³/mol. The van der Waals surface area contributed by atoms with Crippen LogP contribution in [-0.2, 0) is 9.59 Å². The van der Waals surface area contributed by atoms with E-state index in [1.807, 2.05) is 0 Å². The van der Waals surface area contributed by atoms with E-state index in [0.717, 1.165) is 18.5 Å². The molecule has 22 heavy (non-hydrogen) atoms. The van der Waals surface area contributed by atoms with Gasteiger partial charge in [0.05, 0.1) is 12.5 Å². The lowest BCUT2D eigenvalue weighted by molar-refractivity contribution is -0.136. The van der Waals surface area contributed by atoms with Crippen LogP contribution in [0.4, 0.5) is 5.69 Å². The van der Waals surface area contributed by atoms with Crippen molar-refractivity contribution >= 4 is 29.1 Å². The molecule has 0 aromatic heterocycles. The Labute approximate surface area is 134 Å². The predicted octanol–water partition coefficient (Wildman–Crippen LogP) is 1.68. The lowest BCUT2D eigenvalue weighted by Crippen LogP contribution is -2.40. The number of rotatable bonds is 5.